The van der Waals surface area contributed by atoms with Gasteiger partial charge in [0.25, 0.3) is 0 Å². The number of rotatable bonds is 4. The van der Waals surface area contributed by atoms with Gasteiger partial charge in [-0.25, -0.2) is 4.79 Å². The van der Waals surface area contributed by atoms with E-state index in [0.29, 0.717) is 0 Å². The van der Waals surface area contributed by atoms with Gasteiger partial charge in [0.15, 0.2) is 0 Å². The number of fused-ring (bicyclic) bond motifs is 1. The first-order valence-electron chi connectivity index (χ1n) is 6.88. The molecule has 2 N–H and O–H groups in total. The van der Waals surface area contributed by atoms with Crippen LogP contribution in [0.15, 0.2) is 18.2 Å². The van der Waals surface area contributed by atoms with E-state index in [9.17, 15) is 4.79 Å². The Labute approximate surface area is 109 Å². The summed E-state index contributed by atoms with van der Waals surface area (Å²) in [6, 6.07) is 6.35. The average Bonchev–Trinajstić information content (AvgIpc) is 2.76. The molecule has 98 valence electrons. The number of nitrogens with one attached hydrogen (secondary N) is 2. The first-order chi connectivity index (χ1) is 8.69. The molecule has 1 aromatic rings. The maximum atomic E-state index is 11.8. The van der Waals surface area contributed by atoms with Crippen LogP contribution in [0.4, 0.5) is 10.5 Å². The standard InChI is InChI=1S/C15H22N2O/c1-3-5-11(2)16-15(18)17-14-9-8-12-6-4-7-13(12)10-14/h8-11H,3-7H2,1-2H3,(H2,16,17,18)/t11-/m0/s1. The molecule has 0 unspecified atom stereocenters. The van der Waals surface area contributed by atoms with Crippen LogP contribution in [0.2, 0.25) is 0 Å². The Bertz CT molecular complexity index is 429. The summed E-state index contributed by atoms with van der Waals surface area (Å²) >= 11 is 0. The molecule has 3 nitrogen and oxygen atoms in total. The van der Waals surface area contributed by atoms with Crippen LogP contribution in [0, 0.1) is 0 Å². The number of benzene rings is 1. The molecule has 0 aliphatic heterocycles. The topological polar surface area (TPSA) is 41.1 Å². The number of urea groups is 1. The molecule has 2 rings (SSSR count). The van der Waals surface area contributed by atoms with Crippen molar-refractivity contribution in [2.24, 2.45) is 0 Å². The third-order valence-corrected chi connectivity index (χ3v) is 3.46. The lowest BCUT2D eigenvalue weighted by Crippen LogP contribution is -2.35. The third-order valence-electron chi connectivity index (χ3n) is 3.46. The van der Waals surface area contributed by atoms with Gasteiger partial charge < -0.3 is 10.6 Å². The zero-order valence-electron chi connectivity index (χ0n) is 11.3. The van der Waals surface area contributed by atoms with E-state index in [4.69, 9.17) is 0 Å². The molecule has 0 heterocycles. The zero-order valence-corrected chi connectivity index (χ0v) is 11.3. The fourth-order valence-corrected chi connectivity index (χ4v) is 2.55. The first-order valence-corrected chi connectivity index (χ1v) is 6.88. The molecule has 0 saturated heterocycles. The predicted octanol–water partition coefficient (Wildman–Crippen LogP) is 3.49. The highest BCUT2D eigenvalue weighted by Gasteiger charge is 2.12. The fraction of sp³-hybridized carbons (Fsp3) is 0.533. The third kappa shape index (κ3) is 3.25. The van der Waals surface area contributed by atoms with Gasteiger partial charge >= 0.3 is 6.03 Å². The number of hydrogen-bond donors (Lipinski definition) is 2. The van der Waals surface area contributed by atoms with Crippen molar-refractivity contribution >= 4 is 11.7 Å². The van der Waals surface area contributed by atoms with Crippen LogP contribution in [-0.4, -0.2) is 12.1 Å². The highest BCUT2D eigenvalue weighted by molar-refractivity contribution is 5.89. The Kier molecular flexibility index (Phi) is 4.24. The summed E-state index contributed by atoms with van der Waals surface area (Å²) < 4.78 is 0. The molecular formula is C15H22N2O. The molecule has 1 aromatic carbocycles. The number of amides is 2. The van der Waals surface area contributed by atoms with Gasteiger partial charge in [-0.1, -0.05) is 19.4 Å². The van der Waals surface area contributed by atoms with Gasteiger partial charge in [-0.2, -0.15) is 0 Å². The molecule has 1 aliphatic carbocycles. The van der Waals surface area contributed by atoms with Crippen molar-refractivity contribution in [3.8, 4) is 0 Å². The summed E-state index contributed by atoms with van der Waals surface area (Å²) in [6.45, 7) is 4.16. The summed E-state index contributed by atoms with van der Waals surface area (Å²) in [4.78, 5) is 11.8. The maximum Gasteiger partial charge on any atom is 0.319 e. The van der Waals surface area contributed by atoms with Crippen molar-refractivity contribution < 1.29 is 4.79 Å². The van der Waals surface area contributed by atoms with Gasteiger partial charge in [0.2, 0.25) is 0 Å². The summed E-state index contributed by atoms with van der Waals surface area (Å²) in [5.74, 6) is 0. The highest BCUT2D eigenvalue weighted by Crippen LogP contribution is 2.24. The van der Waals surface area contributed by atoms with Gasteiger partial charge in [-0.3, -0.25) is 0 Å². The lowest BCUT2D eigenvalue weighted by Gasteiger charge is -2.14. The van der Waals surface area contributed by atoms with Gasteiger partial charge in [0, 0.05) is 11.7 Å². The average molecular weight is 246 g/mol. The minimum Gasteiger partial charge on any atom is -0.335 e. The quantitative estimate of drug-likeness (QED) is 0.839. The van der Waals surface area contributed by atoms with Crippen LogP contribution in [0.25, 0.3) is 0 Å². The molecule has 0 spiro atoms. The number of aryl methyl sites for hydroxylation is 2. The molecule has 2 amide bonds. The monoisotopic (exact) mass is 246 g/mol. The first kappa shape index (κ1) is 12.9. The lowest BCUT2D eigenvalue weighted by molar-refractivity contribution is 0.248. The molecule has 1 aliphatic rings. The smallest absolute Gasteiger partial charge is 0.319 e. The van der Waals surface area contributed by atoms with Gasteiger partial charge in [0.05, 0.1) is 0 Å². The zero-order chi connectivity index (χ0) is 13.0. The van der Waals surface area contributed by atoms with Gasteiger partial charge in [0.1, 0.15) is 0 Å². The molecule has 0 fully saturated rings. The van der Waals surface area contributed by atoms with E-state index in [0.717, 1.165) is 24.9 Å². The van der Waals surface area contributed by atoms with E-state index in [2.05, 4.69) is 29.7 Å². The summed E-state index contributed by atoms with van der Waals surface area (Å²) in [5, 5.41) is 5.86. The Morgan fingerprint density at radius 3 is 2.89 bits per heavy atom. The summed E-state index contributed by atoms with van der Waals surface area (Å²) in [6.07, 6.45) is 5.64. The van der Waals surface area contributed by atoms with Gasteiger partial charge in [-0.15, -0.1) is 0 Å². The van der Waals surface area contributed by atoms with E-state index in [-0.39, 0.29) is 12.1 Å². The Morgan fingerprint density at radius 1 is 1.33 bits per heavy atom. The van der Waals surface area contributed by atoms with Crippen LogP contribution < -0.4 is 10.6 Å². The summed E-state index contributed by atoms with van der Waals surface area (Å²) in [5.41, 5.74) is 3.71. The molecular weight excluding hydrogens is 224 g/mol. The lowest BCUT2D eigenvalue weighted by atomic mass is 10.1. The van der Waals surface area contributed by atoms with Crippen molar-refractivity contribution in [3.05, 3.63) is 29.3 Å². The molecule has 18 heavy (non-hydrogen) atoms. The Balaban J connectivity index is 1.91. The van der Waals surface area contributed by atoms with Crippen LogP contribution in [0.1, 0.15) is 44.2 Å². The molecule has 1 atom stereocenters. The highest BCUT2D eigenvalue weighted by atomic mass is 16.2. The largest absolute Gasteiger partial charge is 0.335 e. The minimum absolute atomic E-state index is 0.103. The van der Waals surface area contributed by atoms with Crippen molar-refractivity contribution in [1.82, 2.24) is 5.32 Å². The second-order valence-corrected chi connectivity index (χ2v) is 5.13. The van der Waals surface area contributed by atoms with E-state index >= 15 is 0 Å². The van der Waals surface area contributed by atoms with Crippen molar-refractivity contribution in [2.45, 2.75) is 52.0 Å². The SMILES string of the molecule is CCC[C@H](C)NC(=O)Nc1ccc2c(c1)CCC2. The van der Waals surface area contributed by atoms with Crippen LogP contribution >= 0.6 is 0 Å². The number of carbonyl (C=O) groups is 1. The van der Waals surface area contributed by atoms with E-state index in [1.807, 2.05) is 13.0 Å². The maximum absolute atomic E-state index is 11.8. The molecule has 0 bridgehead atoms. The minimum atomic E-state index is -0.103. The summed E-state index contributed by atoms with van der Waals surface area (Å²) in [7, 11) is 0. The van der Waals surface area contributed by atoms with Crippen molar-refractivity contribution in [3.63, 3.8) is 0 Å². The molecule has 0 aromatic heterocycles. The molecule has 0 radical (unpaired) electrons. The van der Waals surface area contributed by atoms with Crippen molar-refractivity contribution in [1.29, 1.82) is 0 Å². The molecule has 3 heteroatoms. The Morgan fingerprint density at radius 2 is 2.11 bits per heavy atom. The van der Waals surface area contributed by atoms with Gasteiger partial charge in [-0.05, 0) is 55.9 Å². The van der Waals surface area contributed by atoms with E-state index < -0.39 is 0 Å². The van der Waals surface area contributed by atoms with Crippen LogP contribution in [0.5, 0.6) is 0 Å². The normalized spacial score (nSPS) is 15.0. The van der Waals surface area contributed by atoms with Crippen molar-refractivity contribution in [2.75, 3.05) is 5.32 Å². The van der Waals surface area contributed by atoms with Crippen LogP contribution in [0.3, 0.4) is 0 Å². The number of carbonyl (C=O) groups excluding carboxylic acids is 1. The second kappa shape index (κ2) is 5.89. The fourth-order valence-electron chi connectivity index (χ4n) is 2.55. The number of hydrogen-bond acceptors (Lipinski definition) is 1. The Hall–Kier alpha value is -1.51. The number of anilines is 1. The second-order valence-electron chi connectivity index (χ2n) is 5.13. The molecule has 0 saturated carbocycles. The predicted molar refractivity (Wildman–Crippen MR) is 75.0 cm³/mol. The van der Waals surface area contributed by atoms with E-state index in [1.54, 1.807) is 0 Å². The van der Waals surface area contributed by atoms with E-state index in [1.165, 1.54) is 24.0 Å². The van der Waals surface area contributed by atoms with Crippen LogP contribution in [-0.2, 0) is 12.8 Å².